The summed E-state index contributed by atoms with van der Waals surface area (Å²) >= 11 is 0. The SMILES string of the molecule is C[C@@H]1NP(=O)(Oc2cccc3ccccc23)OCC2OC(n3cnc4c(nc(N)nc43)OCCC=CCCCOC1=O)[C@](C)(O)[C@@H]2O. The molecular weight excluding hydrogens is 631 g/mol. The zero-order valence-electron chi connectivity index (χ0n) is 25.9. The lowest BCUT2D eigenvalue weighted by Crippen LogP contribution is -2.44. The van der Waals surface area contributed by atoms with Crippen molar-refractivity contribution in [1.82, 2.24) is 24.6 Å². The molecule has 2 aromatic heterocycles. The summed E-state index contributed by atoms with van der Waals surface area (Å²) in [6.45, 7) is 2.78. The Hall–Kier alpha value is -4.11. The molecule has 4 heterocycles. The summed E-state index contributed by atoms with van der Waals surface area (Å²) in [6.07, 6.45) is 3.08. The largest absolute Gasteiger partial charge is 0.476 e. The van der Waals surface area contributed by atoms with E-state index in [-0.39, 0.29) is 42.0 Å². The van der Waals surface area contributed by atoms with Crippen LogP contribution in [0, 0.1) is 0 Å². The molecule has 2 aromatic carbocycles. The average Bonchev–Trinajstić information content (AvgIpc) is 3.55. The second-order valence-electron chi connectivity index (χ2n) is 11.5. The van der Waals surface area contributed by atoms with Gasteiger partial charge in [-0.3, -0.25) is 13.9 Å². The molecule has 250 valence electrons. The molecule has 0 aliphatic carbocycles. The number of aliphatic hydroxyl groups is 2. The van der Waals surface area contributed by atoms with Crippen LogP contribution in [-0.4, -0.2) is 79.4 Å². The molecule has 6 bridgehead atoms. The van der Waals surface area contributed by atoms with Gasteiger partial charge >= 0.3 is 13.7 Å². The maximum atomic E-state index is 14.3. The highest BCUT2D eigenvalue weighted by atomic mass is 31.2. The number of hydrogen-bond donors (Lipinski definition) is 4. The van der Waals surface area contributed by atoms with Crippen molar-refractivity contribution in [3.63, 3.8) is 0 Å². The minimum Gasteiger partial charge on any atom is -0.476 e. The van der Waals surface area contributed by atoms with Gasteiger partial charge in [0.1, 0.15) is 29.6 Å². The van der Waals surface area contributed by atoms with Crippen LogP contribution in [0.3, 0.4) is 0 Å². The number of allylic oxidation sites excluding steroid dienone is 1. The van der Waals surface area contributed by atoms with Gasteiger partial charge in [-0.15, -0.1) is 0 Å². The van der Waals surface area contributed by atoms with Crippen LogP contribution in [0.4, 0.5) is 5.95 Å². The monoisotopic (exact) mass is 668 g/mol. The van der Waals surface area contributed by atoms with Crippen molar-refractivity contribution in [3.8, 4) is 11.6 Å². The van der Waals surface area contributed by atoms with E-state index in [1.807, 2.05) is 36.4 Å². The van der Waals surface area contributed by atoms with Crippen molar-refractivity contribution < 1.29 is 42.8 Å². The van der Waals surface area contributed by atoms with Crippen LogP contribution in [0.1, 0.15) is 39.3 Å². The maximum absolute atomic E-state index is 14.3. The van der Waals surface area contributed by atoms with Crippen molar-refractivity contribution in [1.29, 1.82) is 0 Å². The number of nitrogens with zero attached hydrogens (tertiary/aromatic N) is 4. The Labute approximate surface area is 270 Å². The third kappa shape index (κ3) is 6.96. The van der Waals surface area contributed by atoms with Crippen LogP contribution < -0.4 is 20.1 Å². The first kappa shape index (κ1) is 32.8. The van der Waals surface area contributed by atoms with E-state index in [0.29, 0.717) is 24.6 Å². The molecule has 3 unspecified atom stereocenters. The summed E-state index contributed by atoms with van der Waals surface area (Å²) in [5.74, 6) is -0.345. The predicted molar refractivity (Wildman–Crippen MR) is 170 cm³/mol. The van der Waals surface area contributed by atoms with E-state index >= 15 is 0 Å². The van der Waals surface area contributed by atoms with Crippen molar-refractivity contribution >= 4 is 41.6 Å². The Morgan fingerprint density at radius 2 is 1.89 bits per heavy atom. The van der Waals surface area contributed by atoms with Crippen LogP contribution in [0.15, 0.2) is 60.9 Å². The lowest BCUT2D eigenvalue weighted by atomic mass is 9.96. The number of aromatic nitrogens is 4. The predicted octanol–water partition coefficient (Wildman–Crippen LogP) is 3.41. The molecule has 6 atom stereocenters. The molecule has 2 aliphatic heterocycles. The number of carbonyl (C=O) groups is 1. The highest BCUT2D eigenvalue weighted by molar-refractivity contribution is 7.52. The first-order valence-electron chi connectivity index (χ1n) is 15.3. The lowest BCUT2D eigenvalue weighted by molar-refractivity contribution is -0.145. The number of ether oxygens (including phenoxy) is 3. The number of carbonyl (C=O) groups excluding carboxylic acids is 1. The number of benzene rings is 2. The number of aliphatic hydroxyl groups excluding tert-OH is 1. The summed E-state index contributed by atoms with van der Waals surface area (Å²) in [5, 5.41) is 26.8. The highest BCUT2D eigenvalue weighted by Crippen LogP contribution is 2.48. The van der Waals surface area contributed by atoms with E-state index in [9.17, 15) is 19.6 Å². The summed E-state index contributed by atoms with van der Waals surface area (Å²) in [7, 11) is -4.36. The molecular formula is C31H37N6O9P. The van der Waals surface area contributed by atoms with Crippen LogP contribution in [0.25, 0.3) is 21.9 Å². The number of rotatable bonds is 2. The molecule has 5 N–H and O–H groups in total. The molecule has 16 heteroatoms. The number of nitrogen functional groups attached to an aromatic ring is 1. The van der Waals surface area contributed by atoms with E-state index < -0.39 is 50.4 Å². The maximum Gasteiger partial charge on any atom is 0.459 e. The van der Waals surface area contributed by atoms with Gasteiger partial charge in [0.15, 0.2) is 17.4 Å². The second kappa shape index (κ2) is 13.6. The smallest absolute Gasteiger partial charge is 0.459 e. The van der Waals surface area contributed by atoms with Crippen molar-refractivity contribution in [2.45, 2.75) is 63.2 Å². The first-order valence-corrected chi connectivity index (χ1v) is 16.8. The number of cyclic esters (lactones) is 1. The summed E-state index contributed by atoms with van der Waals surface area (Å²) in [4.78, 5) is 25.7. The molecule has 47 heavy (non-hydrogen) atoms. The third-order valence-electron chi connectivity index (χ3n) is 7.95. The van der Waals surface area contributed by atoms with Crippen molar-refractivity contribution in [3.05, 3.63) is 60.9 Å². The fraction of sp³-hybridized carbons (Fsp3) is 0.419. The number of imidazole rings is 1. The molecule has 0 amide bonds. The van der Waals surface area contributed by atoms with Gasteiger partial charge in [-0.1, -0.05) is 48.6 Å². The van der Waals surface area contributed by atoms with Gasteiger partial charge in [0.05, 0.1) is 26.1 Å². The molecule has 0 radical (unpaired) electrons. The second-order valence-corrected chi connectivity index (χ2v) is 13.2. The van der Waals surface area contributed by atoms with Crippen LogP contribution in [0.5, 0.6) is 11.6 Å². The minimum absolute atomic E-state index is 0.0846. The van der Waals surface area contributed by atoms with Crippen LogP contribution in [-0.2, 0) is 23.4 Å². The lowest BCUT2D eigenvalue weighted by Gasteiger charge is -2.27. The summed E-state index contributed by atoms with van der Waals surface area (Å²) in [6, 6.07) is 11.5. The highest BCUT2D eigenvalue weighted by Gasteiger charge is 2.54. The minimum atomic E-state index is -4.36. The van der Waals surface area contributed by atoms with Gasteiger partial charge < -0.3 is 34.7 Å². The average molecular weight is 669 g/mol. The van der Waals surface area contributed by atoms with E-state index in [0.717, 1.165) is 5.39 Å². The molecule has 1 fully saturated rings. The fourth-order valence-corrected chi connectivity index (χ4v) is 6.99. The van der Waals surface area contributed by atoms with Gasteiger partial charge in [0.2, 0.25) is 11.8 Å². The molecule has 6 rings (SSSR count). The van der Waals surface area contributed by atoms with Crippen LogP contribution in [0.2, 0.25) is 0 Å². The number of hydrogen-bond acceptors (Lipinski definition) is 13. The molecule has 15 nitrogen and oxygen atoms in total. The fourth-order valence-electron chi connectivity index (χ4n) is 5.47. The van der Waals surface area contributed by atoms with Crippen LogP contribution >= 0.6 is 7.75 Å². The van der Waals surface area contributed by atoms with Gasteiger partial charge in [-0.25, -0.2) is 9.55 Å². The topological polar surface area (TPSA) is 202 Å². The number of esters is 1. The number of fused-ring (bicyclic) bond motifs is 4. The molecule has 0 saturated carbocycles. The standard InChI is InChI=1S/C31H37N6O9P/c1-19-28(39)43-16-9-5-3-4-8-15-42-27-24-26(34-30(32)35-27)37(18-33-24)29-31(2,40)25(38)23(45-29)17-44-47(41,36-19)46-22-14-10-12-20-11-6-7-13-21(20)22/h3-4,6-7,10-14,18-19,23,25,29,38,40H,5,8-9,15-17H2,1-2H3,(H,36,41)(H2,32,34,35)/t19-,23?,25+,29?,31+,47?/m0/s1. The number of anilines is 1. The normalized spacial score (nSPS) is 29.6. The summed E-state index contributed by atoms with van der Waals surface area (Å²) < 4.78 is 44.9. The van der Waals surface area contributed by atoms with Crippen molar-refractivity contribution in [2.75, 3.05) is 25.6 Å². The quantitative estimate of drug-likeness (QED) is 0.137. The van der Waals surface area contributed by atoms with Gasteiger partial charge in [-0.05, 0) is 44.6 Å². The third-order valence-corrected chi connectivity index (χ3v) is 9.58. The van der Waals surface area contributed by atoms with Gasteiger partial charge in [-0.2, -0.15) is 15.1 Å². The summed E-state index contributed by atoms with van der Waals surface area (Å²) in [5.41, 5.74) is 4.59. The Morgan fingerprint density at radius 3 is 2.74 bits per heavy atom. The molecule has 1 saturated heterocycles. The van der Waals surface area contributed by atoms with E-state index in [1.165, 1.54) is 24.7 Å². The number of nitrogens with two attached hydrogens (primary N) is 1. The Bertz CT molecular complexity index is 1830. The number of nitrogens with one attached hydrogen (secondary N) is 1. The Kier molecular flexibility index (Phi) is 9.46. The zero-order chi connectivity index (χ0) is 33.2. The van der Waals surface area contributed by atoms with E-state index in [2.05, 4.69) is 20.0 Å². The Morgan fingerprint density at radius 1 is 1.11 bits per heavy atom. The molecule has 0 spiro atoms. The first-order chi connectivity index (χ1) is 22.6. The van der Waals surface area contributed by atoms with Gasteiger partial charge in [0, 0.05) is 5.39 Å². The van der Waals surface area contributed by atoms with Crippen molar-refractivity contribution in [2.24, 2.45) is 0 Å². The molecule has 4 aromatic rings. The molecule has 2 aliphatic rings. The zero-order valence-corrected chi connectivity index (χ0v) is 26.8. The van der Waals surface area contributed by atoms with E-state index in [4.69, 9.17) is 29.0 Å². The Balaban J connectivity index is 1.33. The van der Waals surface area contributed by atoms with Gasteiger partial charge in [0.25, 0.3) is 0 Å². The van der Waals surface area contributed by atoms with E-state index in [1.54, 1.807) is 18.2 Å².